The van der Waals surface area contributed by atoms with E-state index in [2.05, 4.69) is 10.3 Å². The van der Waals surface area contributed by atoms with Gasteiger partial charge in [0.2, 0.25) is 0 Å². The highest BCUT2D eigenvalue weighted by Gasteiger charge is 2.37. The molecule has 0 bridgehead atoms. The number of carbonyl (C=O) groups is 1. The molecule has 1 aromatic heterocycles. The minimum atomic E-state index is -3.88. The standard InChI is InChI=1S/C27H23N3O4S/c31-27(29-22-12-10-20(11-13-22)18-21-14-16-28-17-15-21)26-19-30(24-8-4-5-9-25(24)34-26)35(32,33)23-6-2-1-3-7-23/h1-17,26H,18-19H2,(H,29,31). The van der Waals surface area contributed by atoms with Gasteiger partial charge in [-0.25, -0.2) is 8.42 Å². The molecule has 8 heteroatoms. The first-order chi connectivity index (χ1) is 17.0. The average Bonchev–Trinajstić information content (AvgIpc) is 2.90. The molecule has 0 aliphatic carbocycles. The summed E-state index contributed by atoms with van der Waals surface area (Å²) in [4.78, 5) is 17.3. The predicted octanol–water partition coefficient (Wildman–Crippen LogP) is 4.27. The molecule has 7 nitrogen and oxygen atoms in total. The summed E-state index contributed by atoms with van der Waals surface area (Å²) in [6.07, 6.45) is 3.26. The molecule has 0 saturated carbocycles. The fourth-order valence-electron chi connectivity index (χ4n) is 3.95. The Morgan fingerprint density at radius 2 is 1.54 bits per heavy atom. The Balaban J connectivity index is 1.34. The number of sulfonamides is 1. The maximum Gasteiger partial charge on any atom is 0.267 e. The van der Waals surface area contributed by atoms with Gasteiger partial charge in [-0.05, 0) is 66.1 Å². The molecule has 35 heavy (non-hydrogen) atoms. The zero-order valence-corrected chi connectivity index (χ0v) is 19.6. The van der Waals surface area contributed by atoms with Gasteiger partial charge in [0.15, 0.2) is 6.10 Å². The largest absolute Gasteiger partial charge is 0.476 e. The highest BCUT2D eigenvalue weighted by atomic mass is 32.2. The number of carbonyl (C=O) groups excluding carboxylic acids is 1. The van der Waals surface area contributed by atoms with Crippen molar-refractivity contribution >= 4 is 27.3 Å². The van der Waals surface area contributed by atoms with Gasteiger partial charge < -0.3 is 10.1 Å². The van der Waals surface area contributed by atoms with Crippen molar-refractivity contribution in [3.8, 4) is 5.75 Å². The van der Waals surface area contributed by atoms with Crippen molar-refractivity contribution in [2.24, 2.45) is 0 Å². The summed E-state index contributed by atoms with van der Waals surface area (Å²) >= 11 is 0. The topological polar surface area (TPSA) is 88.6 Å². The van der Waals surface area contributed by atoms with E-state index in [0.29, 0.717) is 17.1 Å². The lowest BCUT2D eigenvalue weighted by Gasteiger charge is -2.34. The number of nitrogens with zero attached hydrogens (tertiary/aromatic N) is 2. The fourth-order valence-corrected chi connectivity index (χ4v) is 5.45. The minimum absolute atomic E-state index is 0.139. The van der Waals surface area contributed by atoms with E-state index in [0.717, 1.165) is 17.5 Å². The van der Waals surface area contributed by atoms with Gasteiger partial charge in [-0.1, -0.05) is 42.5 Å². The molecule has 1 aliphatic rings. The highest BCUT2D eigenvalue weighted by molar-refractivity contribution is 7.92. The number of benzene rings is 3. The lowest BCUT2D eigenvalue weighted by molar-refractivity contribution is -0.122. The van der Waals surface area contributed by atoms with Crippen LogP contribution in [0.25, 0.3) is 0 Å². The number of amides is 1. The number of hydrogen-bond acceptors (Lipinski definition) is 5. The number of aromatic nitrogens is 1. The van der Waals surface area contributed by atoms with Crippen LogP contribution in [0.3, 0.4) is 0 Å². The molecule has 1 aliphatic heterocycles. The third-order valence-corrected chi connectivity index (χ3v) is 7.53. The van der Waals surface area contributed by atoms with E-state index in [1.807, 2.05) is 36.4 Å². The van der Waals surface area contributed by atoms with Gasteiger partial charge in [0.25, 0.3) is 15.9 Å². The van der Waals surface area contributed by atoms with Crippen LogP contribution in [0.15, 0.2) is 108 Å². The molecule has 1 amide bonds. The van der Waals surface area contributed by atoms with Crippen LogP contribution >= 0.6 is 0 Å². The summed E-state index contributed by atoms with van der Waals surface area (Å²) in [7, 11) is -3.88. The van der Waals surface area contributed by atoms with Crippen LogP contribution in [0.4, 0.5) is 11.4 Å². The van der Waals surface area contributed by atoms with Gasteiger partial charge in [0.05, 0.1) is 17.1 Å². The van der Waals surface area contributed by atoms with Crippen molar-refractivity contribution in [2.45, 2.75) is 17.4 Å². The van der Waals surface area contributed by atoms with Crippen LogP contribution < -0.4 is 14.4 Å². The average molecular weight is 486 g/mol. The van der Waals surface area contributed by atoms with E-state index < -0.39 is 22.0 Å². The summed E-state index contributed by atoms with van der Waals surface area (Å²) in [5.74, 6) is -0.0826. The Morgan fingerprint density at radius 3 is 2.29 bits per heavy atom. The van der Waals surface area contributed by atoms with Crippen molar-refractivity contribution in [3.63, 3.8) is 0 Å². The van der Waals surface area contributed by atoms with Gasteiger partial charge in [0, 0.05) is 18.1 Å². The summed E-state index contributed by atoms with van der Waals surface area (Å²) in [5, 5.41) is 2.85. The van der Waals surface area contributed by atoms with Gasteiger partial charge in [-0.3, -0.25) is 14.1 Å². The summed E-state index contributed by atoms with van der Waals surface area (Å²) in [6, 6.07) is 26.4. The van der Waals surface area contributed by atoms with Crippen LogP contribution in [0.2, 0.25) is 0 Å². The molecule has 1 atom stereocenters. The molecular formula is C27H23N3O4S. The third-order valence-electron chi connectivity index (χ3n) is 5.74. The number of ether oxygens (including phenoxy) is 1. The monoisotopic (exact) mass is 485 g/mol. The van der Waals surface area contributed by atoms with E-state index in [-0.39, 0.29) is 11.4 Å². The molecule has 0 saturated heterocycles. The normalized spacial score (nSPS) is 15.1. The first-order valence-electron chi connectivity index (χ1n) is 11.1. The molecule has 176 valence electrons. The van der Waals surface area contributed by atoms with Crippen LogP contribution in [0, 0.1) is 0 Å². The van der Waals surface area contributed by atoms with E-state index in [4.69, 9.17) is 4.74 Å². The van der Waals surface area contributed by atoms with Crippen LogP contribution in [-0.4, -0.2) is 32.0 Å². The number of para-hydroxylation sites is 2. The number of hydrogen-bond donors (Lipinski definition) is 1. The van der Waals surface area contributed by atoms with Crippen molar-refractivity contribution in [3.05, 3.63) is 115 Å². The number of pyridine rings is 1. The van der Waals surface area contributed by atoms with Crippen molar-refractivity contribution in [1.29, 1.82) is 0 Å². The Kier molecular flexibility index (Phi) is 6.20. The molecule has 4 aromatic rings. The van der Waals surface area contributed by atoms with Gasteiger partial charge in [-0.15, -0.1) is 0 Å². The first-order valence-corrected chi connectivity index (χ1v) is 12.6. The summed E-state index contributed by atoms with van der Waals surface area (Å²) < 4.78 is 33.9. The Morgan fingerprint density at radius 1 is 0.886 bits per heavy atom. The van der Waals surface area contributed by atoms with Crippen LogP contribution in [0.5, 0.6) is 5.75 Å². The van der Waals surface area contributed by atoms with E-state index >= 15 is 0 Å². The molecule has 2 heterocycles. The molecule has 0 spiro atoms. The Labute approximate surface area is 204 Å². The zero-order chi connectivity index (χ0) is 24.3. The highest BCUT2D eigenvalue weighted by Crippen LogP contribution is 2.37. The number of nitrogens with one attached hydrogen (secondary N) is 1. The van der Waals surface area contributed by atoms with Crippen molar-refractivity contribution in [2.75, 3.05) is 16.2 Å². The second-order valence-electron chi connectivity index (χ2n) is 8.14. The maximum absolute atomic E-state index is 13.4. The van der Waals surface area contributed by atoms with E-state index in [1.165, 1.54) is 16.4 Å². The number of rotatable bonds is 6. The van der Waals surface area contributed by atoms with Crippen molar-refractivity contribution < 1.29 is 17.9 Å². The van der Waals surface area contributed by atoms with Crippen LogP contribution in [-0.2, 0) is 21.2 Å². The lowest BCUT2D eigenvalue weighted by atomic mass is 10.1. The molecule has 5 rings (SSSR count). The van der Waals surface area contributed by atoms with Gasteiger partial charge >= 0.3 is 0 Å². The molecular weight excluding hydrogens is 462 g/mol. The quantitative estimate of drug-likeness (QED) is 0.441. The third kappa shape index (κ3) is 4.88. The zero-order valence-electron chi connectivity index (χ0n) is 18.7. The van der Waals surface area contributed by atoms with E-state index in [1.54, 1.807) is 54.9 Å². The second kappa shape index (κ2) is 9.60. The SMILES string of the molecule is O=C(Nc1ccc(Cc2ccncc2)cc1)C1CN(S(=O)(=O)c2ccccc2)c2ccccc2O1. The summed E-state index contributed by atoms with van der Waals surface area (Å²) in [6.45, 7) is -0.139. The minimum Gasteiger partial charge on any atom is -0.476 e. The fraction of sp³-hybridized carbons (Fsp3) is 0.111. The van der Waals surface area contributed by atoms with E-state index in [9.17, 15) is 13.2 Å². The van der Waals surface area contributed by atoms with Gasteiger partial charge in [-0.2, -0.15) is 0 Å². The lowest BCUT2D eigenvalue weighted by Crippen LogP contribution is -2.48. The second-order valence-corrected chi connectivity index (χ2v) is 10.0. The first kappa shape index (κ1) is 22.6. The number of fused-ring (bicyclic) bond motifs is 1. The maximum atomic E-state index is 13.4. The van der Waals surface area contributed by atoms with Crippen LogP contribution in [0.1, 0.15) is 11.1 Å². The molecule has 1 N–H and O–H groups in total. The Hall–Kier alpha value is -4.17. The van der Waals surface area contributed by atoms with Gasteiger partial charge in [0.1, 0.15) is 5.75 Å². The van der Waals surface area contributed by atoms with Crippen molar-refractivity contribution in [1.82, 2.24) is 4.98 Å². The molecule has 3 aromatic carbocycles. The summed E-state index contributed by atoms with van der Waals surface area (Å²) in [5.41, 5.74) is 3.25. The molecule has 0 fully saturated rings. The predicted molar refractivity (Wildman–Crippen MR) is 134 cm³/mol. The number of anilines is 2. The Bertz CT molecular complexity index is 1430. The smallest absolute Gasteiger partial charge is 0.267 e. The molecule has 1 unspecified atom stereocenters. The molecule has 0 radical (unpaired) electrons.